The molecule has 3 atom stereocenters. The Bertz CT molecular complexity index is 582. The van der Waals surface area contributed by atoms with Crippen molar-refractivity contribution in [3.8, 4) is 0 Å². The van der Waals surface area contributed by atoms with Gasteiger partial charge in [-0.2, -0.15) is 0 Å². The zero-order chi connectivity index (χ0) is 12.1. The number of nitrogens with zero attached hydrogens (tertiary/aromatic N) is 1. The largest absolute Gasteiger partial charge is 0.324 e. The molecule has 0 aliphatic heterocycles. The monoisotopic (exact) mass is 238 g/mol. The van der Waals surface area contributed by atoms with E-state index in [-0.39, 0.29) is 6.04 Å². The summed E-state index contributed by atoms with van der Waals surface area (Å²) in [5.41, 5.74) is 8.72. The van der Waals surface area contributed by atoms with Crippen LogP contribution >= 0.6 is 0 Å². The van der Waals surface area contributed by atoms with Crippen molar-refractivity contribution in [1.29, 1.82) is 0 Å². The minimum atomic E-state index is 0.192. The fourth-order valence-electron chi connectivity index (χ4n) is 3.90. The third kappa shape index (κ3) is 1.49. The Balaban J connectivity index is 1.66. The Kier molecular flexibility index (Phi) is 2.21. The normalized spacial score (nSPS) is 31.3. The molecule has 1 aromatic carbocycles. The summed E-state index contributed by atoms with van der Waals surface area (Å²) < 4.78 is 0. The summed E-state index contributed by atoms with van der Waals surface area (Å²) in [6.07, 6.45) is 6.17. The number of hydrogen-bond acceptors (Lipinski definition) is 2. The number of aromatic nitrogens is 1. The third-order valence-electron chi connectivity index (χ3n) is 4.88. The molecular formula is C16H18N2. The van der Waals surface area contributed by atoms with Crippen molar-refractivity contribution in [3.63, 3.8) is 0 Å². The van der Waals surface area contributed by atoms with E-state index in [2.05, 4.69) is 29.2 Å². The van der Waals surface area contributed by atoms with E-state index in [1.54, 1.807) is 0 Å². The summed E-state index contributed by atoms with van der Waals surface area (Å²) in [6.45, 7) is 0. The minimum Gasteiger partial charge on any atom is -0.324 e. The summed E-state index contributed by atoms with van der Waals surface area (Å²) in [7, 11) is 0. The molecule has 0 bridgehead atoms. The van der Waals surface area contributed by atoms with Crippen molar-refractivity contribution in [2.45, 2.75) is 25.3 Å². The molecule has 2 N–H and O–H groups in total. The fraction of sp³-hybridized carbons (Fsp3) is 0.438. The summed E-state index contributed by atoms with van der Waals surface area (Å²) in [4.78, 5) is 4.53. The molecular weight excluding hydrogens is 220 g/mol. The lowest BCUT2D eigenvalue weighted by Crippen LogP contribution is -2.15. The molecule has 18 heavy (non-hydrogen) atoms. The molecule has 2 aromatic rings. The second kappa shape index (κ2) is 3.79. The number of para-hydroxylation sites is 1. The average Bonchev–Trinajstić information content (AvgIpc) is 2.90. The van der Waals surface area contributed by atoms with Crippen LogP contribution in [0.25, 0.3) is 10.9 Å². The number of nitrogens with two attached hydrogens (primary N) is 1. The molecule has 2 heteroatoms. The molecule has 2 saturated carbocycles. The fourth-order valence-corrected chi connectivity index (χ4v) is 3.90. The van der Waals surface area contributed by atoms with E-state index in [4.69, 9.17) is 5.73 Å². The Hall–Kier alpha value is -1.41. The van der Waals surface area contributed by atoms with Crippen molar-refractivity contribution in [3.05, 3.63) is 42.1 Å². The first kappa shape index (κ1) is 10.5. The molecule has 1 heterocycles. The van der Waals surface area contributed by atoms with Gasteiger partial charge in [0.15, 0.2) is 0 Å². The van der Waals surface area contributed by atoms with Crippen molar-refractivity contribution in [2.24, 2.45) is 23.5 Å². The van der Waals surface area contributed by atoms with Crippen molar-refractivity contribution in [2.75, 3.05) is 0 Å². The number of fused-ring (bicyclic) bond motifs is 2. The van der Waals surface area contributed by atoms with E-state index in [1.807, 2.05) is 12.3 Å². The first-order chi connectivity index (χ1) is 8.84. The maximum Gasteiger partial charge on any atom is 0.0702 e. The van der Waals surface area contributed by atoms with Crippen LogP contribution in [0.2, 0.25) is 0 Å². The van der Waals surface area contributed by atoms with Crippen LogP contribution in [0.3, 0.4) is 0 Å². The highest BCUT2D eigenvalue weighted by molar-refractivity contribution is 5.78. The lowest BCUT2D eigenvalue weighted by Gasteiger charge is -2.14. The van der Waals surface area contributed by atoms with Crippen molar-refractivity contribution >= 4 is 10.9 Å². The van der Waals surface area contributed by atoms with Gasteiger partial charge in [-0.25, -0.2) is 0 Å². The van der Waals surface area contributed by atoms with Gasteiger partial charge in [0.05, 0.1) is 5.52 Å². The maximum absolute atomic E-state index is 6.44. The zero-order valence-corrected chi connectivity index (χ0v) is 10.4. The molecule has 0 amide bonds. The molecule has 2 aliphatic carbocycles. The van der Waals surface area contributed by atoms with Crippen LogP contribution in [0.15, 0.2) is 36.5 Å². The maximum atomic E-state index is 6.44. The highest BCUT2D eigenvalue weighted by Crippen LogP contribution is 2.61. The number of hydrogen-bond donors (Lipinski definition) is 1. The van der Waals surface area contributed by atoms with E-state index in [0.29, 0.717) is 0 Å². The van der Waals surface area contributed by atoms with Gasteiger partial charge in [0.2, 0.25) is 0 Å². The van der Waals surface area contributed by atoms with Gasteiger partial charge in [0.25, 0.3) is 0 Å². The van der Waals surface area contributed by atoms with Crippen LogP contribution in [0, 0.1) is 17.8 Å². The lowest BCUT2D eigenvalue weighted by atomic mass is 9.98. The molecule has 2 nitrogen and oxygen atoms in total. The number of benzene rings is 1. The minimum absolute atomic E-state index is 0.192. The Labute approximate surface area is 107 Å². The molecule has 1 aromatic heterocycles. The predicted octanol–water partition coefficient (Wildman–Crippen LogP) is 3.28. The van der Waals surface area contributed by atoms with Crippen LogP contribution in [-0.2, 0) is 0 Å². The first-order valence-corrected chi connectivity index (χ1v) is 6.95. The van der Waals surface area contributed by atoms with Gasteiger partial charge in [-0.05, 0) is 48.3 Å². The van der Waals surface area contributed by atoms with E-state index in [0.717, 1.165) is 23.3 Å². The van der Waals surface area contributed by atoms with Crippen molar-refractivity contribution < 1.29 is 0 Å². The molecule has 0 radical (unpaired) electrons. The molecule has 92 valence electrons. The molecule has 2 fully saturated rings. The predicted molar refractivity (Wildman–Crippen MR) is 73.0 cm³/mol. The van der Waals surface area contributed by atoms with Gasteiger partial charge in [-0.1, -0.05) is 24.6 Å². The quantitative estimate of drug-likeness (QED) is 0.872. The first-order valence-electron chi connectivity index (χ1n) is 6.95. The SMILES string of the molecule is NC(c1cnc2ccccc2c1)C1C2CCCC21. The highest BCUT2D eigenvalue weighted by Gasteiger charge is 2.55. The van der Waals surface area contributed by atoms with Gasteiger partial charge in [0.1, 0.15) is 0 Å². The van der Waals surface area contributed by atoms with Gasteiger partial charge < -0.3 is 5.73 Å². The summed E-state index contributed by atoms with van der Waals surface area (Å²) in [6, 6.07) is 10.7. The third-order valence-corrected chi connectivity index (χ3v) is 4.88. The van der Waals surface area contributed by atoms with Crippen LogP contribution in [0.5, 0.6) is 0 Å². The van der Waals surface area contributed by atoms with E-state index in [9.17, 15) is 0 Å². The molecule has 0 spiro atoms. The van der Waals surface area contributed by atoms with Crippen LogP contribution in [0.1, 0.15) is 30.9 Å². The van der Waals surface area contributed by atoms with Gasteiger partial charge >= 0.3 is 0 Å². The molecule has 0 saturated heterocycles. The zero-order valence-electron chi connectivity index (χ0n) is 10.4. The molecule has 3 unspecified atom stereocenters. The van der Waals surface area contributed by atoms with Gasteiger partial charge in [-0.15, -0.1) is 0 Å². The van der Waals surface area contributed by atoms with Crippen LogP contribution < -0.4 is 5.73 Å². The number of pyridine rings is 1. The Morgan fingerprint density at radius 2 is 1.94 bits per heavy atom. The molecule has 2 aliphatic rings. The summed E-state index contributed by atoms with van der Waals surface area (Å²) in [5.74, 6) is 2.54. The van der Waals surface area contributed by atoms with Crippen molar-refractivity contribution in [1.82, 2.24) is 4.98 Å². The smallest absolute Gasteiger partial charge is 0.0702 e. The van der Waals surface area contributed by atoms with E-state index < -0.39 is 0 Å². The van der Waals surface area contributed by atoms with Gasteiger partial charge in [0, 0.05) is 17.6 Å². The summed E-state index contributed by atoms with van der Waals surface area (Å²) in [5, 5.41) is 1.20. The van der Waals surface area contributed by atoms with Crippen LogP contribution in [-0.4, -0.2) is 4.98 Å². The average molecular weight is 238 g/mol. The van der Waals surface area contributed by atoms with E-state index >= 15 is 0 Å². The second-order valence-corrected chi connectivity index (χ2v) is 5.82. The molecule has 4 rings (SSSR count). The standard InChI is InChI=1S/C16H18N2/c17-16(15-12-5-3-6-13(12)15)11-8-10-4-1-2-7-14(10)18-9-11/h1-2,4,7-9,12-13,15-16H,3,5-6,17H2. The Morgan fingerprint density at radius 3 is 2.78 bits per heavy atom. The van der Waals surface area contributed by atoms with Gasteiger partial charge in [-0.3, -0.25) is 4.98 Å². The topological polar surface area (TPSA) is 38.9 Å². The second-order valence-electron chi connectivity index (χ2n) is 5.82. The van der Waals surface area contributed by atoms with E-state index in [1.165, 1.54) is 30.2 Å². The van der Waals surface area contributed by atoms with Crippen LogP contribution in [0.4, 0.5) is 0 Å². The Morgan fingerprint density at radius 1 is 1.17 bits per heavy atom. The highest BCUT2D eigenvalue weighted by atomic mass is 14.8. The lowest BCUT2D eigenvalue weighted by molar-refractivity contribution is 0.501. The summed E-state index contributed by atoms with van der Waals surface area (Å²) >= 11 is 0. The number of rotatable bonds is 2.